The van der Waals surface area contributed by atoms with Gasteiger partial charge >= 0.3 is 5.97 Å². The number of carboxylic acids is 1. The Bertz CT molecular complexity index is 601. The van der Waals surface area contributed by atoms with Crippen molar-refractivity contribution in [2.24, 2.45) is 0 Å². The summed E-state index contributed by atoms with van der Waals surface area (Å²) in [6.07, 6.45) is 1.37. The summed E-state index contributed by atoms with van der Waals surface area (Å²) in [5.41, 5.74) is 1.44. The van der Waals surface area contributed by atoms with Crippen molar-refractivity contribution < 1.29 is 14.3 Å². The summed E-state index contributed by atoms with van der Waals surface area (Å²) in [6, 6.07) is 5.44. The zero-order chi connectivity index (χ0) is 14.0. The second-order valence-electron chi connectivity index (χ2n) is 3.68. The maximum atomic E-state index is 10.9. The number of aromatic carboxylic acids is 1. The van der Waals surface area contributed by atoms with Crippen molar-refractivity contribution in [3.05, 3.63) is 49.2 Å². The maximum Gasteiger partial charge on any atom is 0.372 e. The Morgan fingerprint density at radius 3 is 2.47 bits per heavy atom. The van der Waals surface area contributed by atoms with Gasteiger partial charge in [-0.3, -0.25) is 0 Å². The molecule has 1 aromatic heterocycles. The topological polar surface area (TPSA) is 62.5 Å². The maximum absolute atomic E-state index is 10.9. The highest BCUT2D eigenvalue weighted by Gasteiger charge is 2.14. The molecule has 0 atom stereocenters. The second-order valence-corrected chi connectivity index (χ2v) is 6.30. The van der Waals surface area contributed by atoms with Gasteiger partial charge in [-0.05, 0) is 50.1 Å². The lowest BCUT2D eigenvalue weighted by molar-refractivity contribution is 0.0661. The first-order valence-electron chi connectivity index (χ1n) is 5.17. The number of hydrogen-bond donors (Lipinski definition) is 2. The van der Waals surface area contributed by atoms with E-state index >= 15 is 0 Å². The molecule has 0 bridgehead atoms. The number of carboxylic acid groups (broad SMARTS) is 1. The van der Waals surface area contributed by atoms with E-state index < -0.39 is 5.97 Å². The van der Waals surface area contributed by atoms with Gasteiger partial charge in [-0.2, -0.15) is 0 Å². The third-order valence-corrected chi connectivity index (χ3v) is 4.11. The summed E-state index contributed by atoms with van der Waals surface area (Å²) >= 11 is 10.3. The number of halogens is 3. The molecule has 0 amide bonds. The highest BCUT2D eigenvalue weighted by Crippen LogP contribution is 2.34. The molecule has 1 aromatic carbocycles. The molecule has 7 heteroatoms. The van der Waals surface area contributed by atoms with Gasteiger partial charge in [-0.15, -0.1) is 0 Å². The van der Waals surface area contributed by atoms with Crippen LogP contribution in [0.1, 0.15) is 16.1 Å². The van der Waals surface area contributed by atoms with Gasteiger partial charge in [0.2, 0.25) is 5.76 Å². The van der Waals surface area contributed by atoms with Crippen molar-refractivity contribution >= 4 is 59.4 Å². The van der Waals surface area contributed by atoms with Crippen LogP contribution in [0.5, 0.6) is 0 Å². The molecule has 0 spiro atoms. The smallest absolute Gasteiger partial charge is 0.372 e. The first-order valence-corrected chi connectivity index (χ1v) is 7.55. The van der Waals surface area contributed by atoms with Crippen LogP contribution in [0.2, 0.25) is 0 Å². The third kappa shape index (κ3) is 3.40. The summed E-state index contributed by atoms with van der Waals surface area (Å²) in [6.45, 7) is 0.358. The molecule has 2 N–H and O–H groups in total. The van der Waals surface area contributed by atoms with E-state index in [1.807, 2.05) is 12.1 Å². The third-order valence-electron chi connectivity index (χ3n) is 2.40. The fourth-order valence-electron chi connectivity index (χ4n) is 1.56. The predicted octanol–water partition coefficient (Wildman–Crippen LogP) is 4.88. The van der Waals surface area contributed by atoms with Gasteiger partial charge in [0.1, 0.15) is 0 Å². The second kappa shape index (κ2) is 6.11. The first-order chi connectivity index (χ1) is 8.99. The molecule has 0 saturated heterocycles. The molecule has 4 nitrogen and oxygen atoms in total. The standard InChI is InChI=1S/C12H8Br3NO3/c13-7-3-8(14)10(9(15)4-7)16-5-6-1-2-19-11(6)12(17)18/h1-4,16H,5H2,(H,17,18). The lowest BCUT2D eigenvalue weighted by atomic mass is 10.2. The van der Waals surface area contributed by atoms with Gasteiger partial charge in [-0.1, -0.05) is 15.9 Å². The highest BCUT2D eigenvalue weighted by molar-refractivity contribution is 9.11. The van der Waals surface area contributed by atoms with Gasteiger partial charge in [0, 0.05) is 25.5 Å². The molecule has 19 heavy (non-hydrogen) atoms. The Morgan fingerprint density at radius 2 is 1.89 bits per heavy atom. The van der Waals surface area contributed by atoms with Gasteiger partial charge < -0.3 is 14.8 Å². The van der Waals surface area contributed by atoms with Crippen LogP contribution in [0.4, 0.5) is 5.69 Å². The van der Waals surface area contributed by atoms with Crippen LogP contribution in [0.3, 0.4) is 0 Å². The molecular weight excluding hydrogens is 446 g/mol. The average Bonchev–Trinajstić information content (AvgIpc) is 2.75. The highest BCUT2D eigenvalue weighted by atomic mass is 79.9. The van der Waals surface area contributed by atoms with E-state index in [0.29, 0.717) is 12.1 Å². The largest absolute Gasteiger partial charge is 0.475 e. The molecule has 0 saturated carbocycles. The fraction of sp³-hybridized carbons (Fsp3) is 0.0833. The minimum absolute atomic E-state index is 0.0446. The number of nitrogens with one attached hydrogen (secondary N) is 1. The number of hydrogen-bond acceptors (Lipinski definition) is 3. The summed E-state index contributed by atoms with van der Waals surface area (Å²) in [5, 5.41) is 12.1. The summed E-state index contributed by atoms with van der Waals surface area (Å²) < 4.78 is 7.60. The van der Waals surface area contributed by atoms with Crippen molar-refractivity contribution in [1.82, 2.24) is 0 Å². The van der Waals surface area contributed by atoms with E-state index in [4.69, 9.17) is 9.52 Å². The van der Waals surface area contributed by atoms with Crippen LogP contribution >= 0.6 is 47.8 Å². The number of carbonyl (C=O) groups is 1. The SMILES string of the molecule is O=C(O)c1occc1CNc1c(Br)cc(Br)cc1Br. The quantitative estimate of drug-likeness (QED) is 0.692. The van der Waals surface area contributed by atoms with E-state index in [1.165, 1.54) is 6.26 Å². The van der Waals surface area contributed by atoms with Crippen molar-refractivity contribution in [2.75, 3.05) is 5.32 Å². The average molecular weight is 454 g/mol. The molecule has 0 aliphatic heterocycles. The summed E-state index contributed by atoms with van der Waals surface area (Å²) in [7, 11) is 0. The normalized spacial score (nSPS) is 10.5. The zero-order valence-electron chi connectivity index (χ0n) is 9.41. The molecule has 0 radical (unpaired) electrons. The Balaban J connectivity index is 2.19. The molecule has 1 heterocycles. The minimum atomic E-state index is -1.07. The van der Waals surface area contributed by atoms with Crippen molar-refractivity contribution in [3.8, 4) is 0 Å². The van der Waals surface area contributed by atoms with Crippen LogP contribution in [-0.2, 0) is 6.54 Å². The van der Waals surface area contributed by atoms with Gasteiger partial charge in [0.05, 0.1) is 12.0 Å². The molecule has 2 rings (SSSR count). The molecule has 0 aliphatic carbocycles. The number of rotatable bonds is 4. The molecule has 100 valence electrons. The number of furan rings is 1. The fourth-order valence-corrected chi connectivity index (χ4v) is 4.10. The van der Waals surface area contributed by atoms with Crippen molar-refractivity contribution in [3.63, 3.8) is 0 Å². The Labute approximate surface area is 134 Å². The summed E-state index contributed by atoms with van der Waals surface area (Å²) in [5.74, 6) is -1.12. The van der Waals surface area contributed by atoms with Crippen molar-refractivity contribution in [2.45, 2.75) is 6.54 Å². The van der Waals surface area contributed by atoms with E-state index in [-0.39, 0.29) is 5.76 Å². The van der Waals surface area contributed by atoms with E-state index in [1.54, 1.807) is 6.07 Å². The summed E-state index contributed by atoms with van der Waals surface area (Å²) in [4.78, 5) is 10.9. The molecule has 0 fully saturated rings. The minimum Gasteiger partial charge on any atom is -0.475 e. The monoisotopic (exact) mass is 451 g/mol. The zero-order valence-corrected chi connectivity index (χ0v) is 14.2. The van der Waals surface area contributed by atoms with Gasteiger partial charge in [0.25, 0.3) is 0 Å². The van der Waals surface area contributed by atoms with Crippen molar-refractivity contribution in [1.29, 1.82) is 0 Å². The Hall–Kier alpha value is -0.790. The van der Waals surface area contributed by atoms with Crippen LogP contribution in [0.15, 0.2) is 42.3 Å². The molecule has 2 aromatic rings. The van der Waals surface area contributed by atoms with E-state index in [9.17, 15) is 4.79 Å². The van der Waals surface area contributed by atoms with E-state index in [0.717, 1.165) is 19.1 Å². The predicted molar refractivity (Wildman–Crippen MR) is 82.5 cm³/mol. The van der Waals surface area contributed by atoms with Crippen LogP contribution < -0.4 is 5.32 Å². The first kappa shape index (κ1) is 14.6. The molecule has 0 unspecified atom stereocenters. The number of benzene rings is 1. The molecular formula is C12H8Br3NO3. The Kier molecular flexibility index (Phi) is 4.70. The molecule has 0 aliphatic rings. The van der Waals surface area contributed by atoms with Crippen LogP contribution in [0, 0.1) is 0 Å². The van der Waals surface area contributed by atoms with Crippen LogP contribution in [-0.4, -0.2) is 11.1 Å². The lowest BCUT2D eigenvalue weighted by Crippen LogP contribution is -2.05. The lowest BCUT2D eigenvalue weighted by Gasteiger charge is -2.11. The van der Waals surface area contributed by atoms with Crippen LogP contribution in [0.25, 0.3) is 0 Å². The Morgan fingerprint density at radius 1 is 1.26 bits per heavy atom. The van der Waals surface area contributed by atoms with Gasteiger partial charge in [0.15, 0.2) is 0 Å². The number of anilines is 1. The van der Waals surface area contributed by atoms with E-state index in [2.05, 4.69) is 53.1 Å². The van der Waals surface area contributed by atoms with Gasteiger partial charge in [-0.25, -0.2) is 4.79 Å².